The van der Waals surface area contributed by atoms with Crippen molar-refractivity contribution >= 4 is 34.1 Å². The molecule has 0 atom stereocenters. The molecule has 0 radical (unpaired) electrons. The molecule has 0 aliphatic heterocycles. The number of hydrogen-bond acceptors (Lipinski definition) is 6. The fourth-order valence-electron chi connectivity index (χ4n) is 3.33. The second kappa shape index (κ2) is 6.80. The Hall–Kier alpha value is -1.47. The lowest BCUT2D eigenvalue weighted by Gasteiger charge is -2.07. The molecule has 0 fully saturated rings. The van der Waals surface area contributed by atoms with Gasteiger partial charge in [0.25, 0.3) is 0 Å². The first-order valence-corrected chi connectivity index (χ1v) is 10.3. The van der Waals surface area contributed by atoms with Crippen molar-refractivity contribution in [2.75, 3.05) is 11.1 Å². The van der Waals surface area contributed by atoms with E-state index in [4.69, 9.17) is 0 Å². The highest BCUT2D eigenvalue weighted by atomic mass is 32.2. The van der Waals surface area contributed by atoms with Crippen molar-refractivity contribution < 1.29 is 4.79 Å². The Balaban J connectivity index is 1.40. The molecule has 2 aliphatic carbocycles. The first-order valence-electron chi connectivity index (χ1n) is 8.46. The summed E-state index contributed by atoms with van der Waals surface area (Å²) in [6.07, 6.45) is 7.78. The Bertz CT molecular complexity index is 764. The quantitative estimate of drug-likeness (QED) is 0.669. The van der Waals surface area contributed by atoms with E-state index in [9.17, 15) is 4.79 Å². The molecule has 1 amide bonds. The van der Waals surface area contributed by atoms with Gasteiger partial charge in [0, 0.05) is 16.1 Å². The van der Waals surface area contributed by atoms with Gasteiger partial charge < -0.3 is 5.32 Å². The maximum Gasteiger partial charge on any atom is 0.236 e. The molecule has 126 valence electrons. The zero-order chi connectivity index (χ0) is 16.5. The second-order valence-electron chi connectivity index (χ2n) is 6.29. The van der Waals surface area contributed by atoms with Gasteiger partial charge in [-0.25, -0.2) is 15.0 Å². The molecule has 2 aromatic heterocycles. The molecule has 2 aliphatic rings. The summed E-state index contributed by atoms with van der Waals surface area (Å²) in [6.45, 7) is 1.92. The summed E-state index contributed by atoms with van der Waals surface area (Å²) in [6, 6.07) is 0. The predicted molar refractivity (Wildman–Crippen MR) is 96.9 cm³/mol. The number of fused-ring (bicyclic) bond motifs is 2. The summed E-state index contributed by atoms with van der Waals surface area (Å²) in [5.41, 5.74) is 3.58. The summed E-state index contributed by atoms with van der Waals surface area (Å²) in [5, 5.41) is 4.68. The number of nitrogens with one attached hydrogen (secondary N) is 1. The lowest BCUT2D eigenvalue weighted by atomic mass is 10.0. The monoisotopic (exact) mass is 360 g/mol. The minimum absolute atomic E-state index is 0.00545. The van der Waals surface area contributed by atoms with Crippen LogP contribution in [0.2, 0.25) is 0 Å². The molecule has 4 rings (SSSR count). The van der Waals surface area contributed by atoms with Crippen LogP contribution in [-0.2, 0) is 30.5 Å². The highest BCUT2D eigenvalue weighted by molar-refractivity contribution is 8.00. The van der Waals surface area contributed by atoms with Gasteiger partial charge in [0.2, 0.25) is 5.91 Å². The third-order valence-electron chi connectivity index (χ3n) is 4.44. The van der Waals surface area contributed by atoms with Gasteiger partial charge in [0.15, 0.2) is 5.13 Å². The normalized spacial score (nSPS) is 15.9. The molecular weight excluding hydrogens is 340 g/mol. The lowest BCUT2D eigenvalue weighted by molar-refractivity contribution is -0.113. The van der Waals surface area contributed by atoms with E-state index in [0.717, 1.165) is 53.8 Å². The molecule has 0 aromatic carbocycles. The summed E-state index contributed by atoms with van der Waals surface area (Å²) in [5.74, 6) is 1.16. The van der Waals surface area contributed by atoms with E-state index in [2.05, 4.69) is 20.3 Å². The Morgan fingerprint density at radius 3 is 2.79 bits per heavy atom. The van der Waals surface area contributed by atoms with Gasteiger partial charge in [-0.1, -0.05) is 11.8 Å². The van der Waals surface area contributed by atoms with E-state index in [1.165, 1.54) is 40.7 Å². The molecule has 0 spiro atoms. The van der Waals surface area contributed by atoms with Crippen molar-refractivity contribution in [2.24, 2.45) is 0 Å². The minimum atomic E-state index is -0.00545. The molecule has 2 aromatic rings. The first-order chi connectivity index (χ1) is 11.7. The number of anilines is 1. The molecule has 0 bridgehead atoms. The lowest BCUT2D eigenvalue weighted by Crippen LogP contribution is -2.14. The van der Waals surface area contributed by atoms with Crippen LogP contribution in [0.25, 0.3) is 0 Å². The number of thioether (sulfide) groups is 1. The van der Waals surface area contributed by atoms with Gasteiger partial charge in [0.1, 0.15) is 10.9 Å². The maximum absolute atomic E-state index is 12.3. The zero-order valence-corrected chi connectivity index (χ0v) is 15.4. The number of thiazole rings is 1. The number of nitrogens with zero attached hydrogens (tertiary/aromatic N) is 3. The number of rotatable bonds is 4. The number of aryl methyl sites for hydroxylation is 4. The van der Waals surface area contributed by atoms with Crippen LogP contribution >= 0.6 is 23.1 Å². The number of amides is 1. The van der Waals surface area contributed by atoms with E-state index < -0.39 is 0 Å². The molecule has 0 unspecified atom stereocenters. The van der Waals surface area contributed by atoms with Gasteiger partial charge in [-0.3, -0.25) is 4.79 Å². The van der Waals surface area contributed by atoms with Crippen molar-refractivity contribution in [3.8, 4) is 0 Å². The second-order valence-corrected chi connectivity index (χ2v) is 8.34. The van der Waals surface area contributed by atoms with E-state index >= 15 is 0 Å². The van der Waals surface area contributed by atoms with E-state index in [-0.39, 0.29) is 5.91 Å². The molecule has 5 nitrogen and oxygen atoms in total. The van der Waals surface area contributed by atoms with Gasteiger partial charge in [-0.2, -0.15) is 0 Å². The molecular formula is C17H20N4OS2. The molecule has 1 N–H and O–H groups in total. The maximum atomic E-state index is 12.3. The van der Waals surface area contributed by atoms with Crippen LogP contribution in [0.3, 0.4) is 0 Å². The summed E-state index contributed by atoms with van der Waals surface area (Å²) >= 11 is 3.15. The van der Waals surface area contributed by atoms with Crippen LogP contribution in [0.5, 0.6) is 0 Å². The summed E-state index contributed by atoms with van der Waals surface area (Å²) in [4.78, 5) is 27.2. The number of aromatic nitrogens is 3. The SMILES string of the molecule is Cc1nc2c(c(SCC(=O)Nc3nc4c(s3)CCCC4)n1)CCC2. The van der Waals surface area contributed by atoms with Crippen LogP contribution in [0.4, 0.5) is 5.13 Å². The average molecular weight is 361 g/mol. The number of hydrogen-bond donors (Lipinski definition) is 1. The van der Waals surface area contributed by atoms with Crippen LogP contribution in [0, 0.1) is 6.92 Å². The first kappa shape index (κ1) is 16.0. The average Bonchev–Trinajstić information content (AvgIpc) is 3.18. The van der Waals surface area contributed by atoms with Gasteiger partial charge >= 0.3 is 0 Å². The Labute approximate surface area is 149 Å². The number of carbonyl (C=O) groups is 1. The highest BCUT2D eigenvalue weighted by Gasteiger charge is 2.20. The van der Waals surface area contributed by atoms with Crippen LogP contribution in [-0.4, -0.2) is 26.6 Å². The number of carbonyl (C=O) groups excluding carboxylic acids is 1. The molecule has 24 heavy (non-hydrogen) atoms. The van der Waals surface area contributed by atoms with Crippen molar-refractivity contribution in [2.45, 2.75) is 56.9 Å². The van der Waals surface area contributed by atoms with Gasteiger partial charge in [-0.05, 0) is 51.9 Å². The van der Waals surface area contributed by atoms with Crippen molar-refractivity contribution in [3.63, 3.8) is 0 Å². The fourth-order valence-corrected chi connectivity index (χ4v) is 5.33. The fraction of sp³-hybridized carbons (Fsp3) is 0.529. The summed E-state index contributed by atoms with van der Waals surface area (Å²) < 4.78 is 0. The van der Waals surface area contributed by atoms with E-state index in [0.29, 0.717) is 5.75 Å². The van der Waals surface area contributed by atoms with Crippen LogP contribution in [0.1, 0.15) is 46.9 Å². The van der Waals surface area contributed by atoms with Crippen LogP contribution in [0.15, 0.2) is 5.03 Å². The Kier molecular flexibility index (Phi) is 4.54. The van der Waals surface area contributed by atoms with Gasteiger partial charge in [0.05, 0.1) is 11.4 Å². The highest BCUT2D eigenvalue weighted by Crippen LogP contribution is 2.31. The molecule has 7 heteroatoms. The predicted octanol–water partition coefficient (Wildman–Crippen LogP) is 3.34. The Morgan fingerprint density at radius 2 is 1.92 bits per heavy atom. The van der Waals surface area contributed by atoms with Gasteiger partial charge in [-0.15, -0.1) is 11.3 Å². The van der Waals surface area contributed by atoms with Crippen molar-refractivity contribution in [1.82, 2.24) is 15.0 Å². The Morgan fingerprint density at radius 1 is 1.08 bits per heavy atom. The third-order valence-corrected chi connectivity index (χ3v) is 6.53. The largest absolute Gasteiger partial charge is 0.301 e. The standard InChI is InChI=1S/C17H20N4OS2/c1-10-18-12-7-4-5-11(12)16(19-10)23-9-15(22)21-17-20-13-6-2-3-8-14(13)24-17/h2-9H2,1H3,(H,20,21,22). The third kappa shape index (κ3) is 3.32. The minimum Gasteiger partial charge on any atom is -0.301 e. The molecule has 2 heterocycles. The van der Waals surface area contributed by atoms with Crippen LogP contribution < -0.4 is 5.32 Å². The topological polar surface area (TPSA) is 67.8 Å². The van der Waals surface area contributed by atoms with E-state index in [1.807, 2.05) is 6.92 Å². The summed E-state index contributed by atoms with van der Waals surface area (Å²) in [7, 11) is 0. The molecule has 0 saturated carbocycles. The smallest absolute Gasteiger partial charge is 0.236 e. The van der Waals surface area contributed by atoms with Crippen molar-refractivity contribution in [3.05, 3.63) is 27.7 Å². The molecule has 0 saturated heterocycles. The zero-order valence-electron chi connectivity index (χ0n) is 13.7. The van der Waals surface area contributed by atoms with Crippen molar-refractivity contribution in [1.29, 1.82) is 0 Å². The van der Waals surface area contributed by atoms with E-state index in [1.54, 1.807) is 11.3 Å².